The molecule has 0 bridgehead atoms. The van der Waals surface area contributed by atoms with Crippen LogP contribution >= 0.6 is 0 Å². The molecule has 0 aromatic heterocycles. The van der Waals surface area contributed by atoms with E-state index in [4.69, 9.17) is 4.74 Å². The summed E-state index contributed by atoms with van der Waals surface area (Å²) in [6, 6.07) is 18.2. The molecule has 0 spiro atoms. The minimum atomic E-state index is -0.681. The van der Waals surface area contributed by atoms with Gasteiger partial charge in [0.1, 0.15) is 11.8 Å². The SMILES string of the molecule is C=C(OCC)c1ccc(NC(=O)CC2Nc3cccc4cccc(c34)NC2=O)cc1. The number of rotatable bonds is 6. The second kappa shape index (κ2) is 8.29. The van der Waals surface area contributed by atoms with E-state index in [0.717, 1.165) is 27.7 Å². The van der Waals surface area contributed by atoms with Crippen molar-refractivity contribution in [3.63, 3.8) is 0 Å². The molecule has 1 atom stereocenters. The molecule has 30 heavy (non-hydrogen) atoms. The lowest BCUT2D eigenvalue weighted by atomic mass is 10.1. The fourth-order valence-corrected chi connectivity index (χ4v) is 3.58. The van der Waals surface area contributed by atoms with Crippen LogP contribution in [0.2, 0.25) is 0 Å². The van der Waals surface area contributed by atoms with Gasteiger partial charge in [0.05, 0.1) is 18.7 Å². The maximum absolute atomic E-state index is 12.7. The van der Waals surface area contributed by atoms with Crippen molar-refractivity contribution in [3.8, 4) is 0 Å². The molecular weight excluding hydrogens is 378 g/mol. The molecule has 6 nitrogen and oxygen atoms in total. The predicted molar refractivity (Wildman–Crippen MR) is 120 cm³/mol. The zero-order valence-corrected chi connectivity index (χ0v) is 16.7. The number of ether oxygens (including phenoxy) is 1. The van der Waals surface area contributed by atoms with Gasteiger partial charge in [0.2, 0.25) is 11.8 Å². The predicted octanol–water partition coefficient (Wildman–Crippen LogP) is 4.61. The van der Waals surface area contributed by atoms with Gasteiger partial charge in [-0.15, -0.1) is 0 Å². The van der Waals surface area contributed by atoms with Gasteiger partial charge >= 0.3 is 0 Å². The Labute approximate surface area is 174 Å². The Balaban J connectivity index is 1.46. The van der Waals surface area contributed by atoms with Crippen molar-refractivity contribution in [2.45, 2.75) is 19.4 Å². The van der Waals surface area contributed by atoms with Crippen LogP contribution in [0.15, 0.2) is 67.2 Å². The third-order valence-electron chi connectivity index (χ3n) is 5.01. The molecule has 3 N–H and O–H groups in total. The van der Waals surface area contributed by atoms with E-state index in [-0.39, 0.29) is 18.2 Å². The average Bonchev–Trinajstić information content (AvgIpc) is 2.86. The Morgan fingerprint density at radius 3 is 2.47 bits per heavy atom. The Morgan fingerprint density at radius 2 is 1.77 bits per heavy atom. The second-order valence-electron chi connectivity index (χ2n) is 7.08. The molecular formula is C24H23N3O3. The van der Waals surface area contributed by atoms with Crippen molar-refractivity contribution in [1.29, 1.82) is 0 Å². The van der Waals surface area contributed by atoms with Crippen LogP contribution in [-0.2, 0) is 14.3 Å². The van der Waals surface area contributed by atoms with E-state index in [1.807, 2.05) is 55.5 Å². The summed E-state index contributed by atoms with van der Waals surface area (Å²) in [7, 11) is 0. The van der Waals surface area contributed by atoms with Gasteiger partial charge < -0.3 is 20.7 Å². The van der Waals surface area contributed by atoms with Crippen LogP contribution < -0.4 is 16.0 Å². The van der Waals surface area contributed by atoms with Gasteiger partial charge in [0, 0.05) is 22.3 Å². The third-order valence-corrected chi connectivity index (χ3v) is 5.01. The lowest BCUT2D eigenvalue weighted by molar-refractivity contribution is -0.121. The van der Waals surface area contributed by atoms with Gasteiger partial charge in [-0.1, -0.05) is 30.8 Å². The lowest BCUT2D eigenvalue weighted by Crippen LogP contribution is -2.36. The summed E-state index contributed by atoms with van der Waals surface area (Å²) in [6.45, 7) is 6.32. The third kappa shape index (κ3) is 3.98. The lowest BCUT2D eigenvalue weighted by Gasteiger charge is -2.16. The highest BCUT2D eigenvalue weighted by molar-refractivity contribution is 6.13. The minimum absolute atomic E-state index is 0.00359. The van der Waals surface area contributed by atoms with Crippen LogP contribution in [0.5, 0.6) is 0 Å². The summed E-state index contributed by atoms with van der Waals surface area (Å²) in [5, 5.41) is 11.0. The highest BCUT2D eigenvalue weighted by atomic mass is 16.5. The summed E-state index contributed by atoms with van der Waals surface area (Å²) in [5.41, 5.74) is 3.07. The molecule has 1 aliphatic heterocycles. The Hall–Kier alpha value is -3.80. The molecule has 3 aromatic rings. The molecule has 1 heterocycles. The van der Waals surface area contributed by atoms with Gasteiger partial charge in [-0.25, -0.2) is 0 Å². The average molecular weight is 401 g/mol. The molecule has 1 aliphatic rings. The second-order valence-corrected chi connectivity index (χ2v) is 7.08. The van der Waals surface area contributed by atoms with Gasteiger partial charge in [-0.05, 0) is 48.7 Å². The highest BCUT2D eigenvalue weighted by Crippen LogP contribution is 2.33. The monoisotopic (exact) mass is 401 g/mol. The molecule has 4 rings (SSSR count). The number of hydrogen-bond donors (Lipinski definition) is 3. The van der Waals surface area contributed by atoms with E-state index in [0.29, 0.717) is 18.1 Å². The minimum Gasteiger partial charge on any atom is -0.494 e. The van der Waals surface area contributed by atoms with E-state index in [1.54, 1.807) is 12.1 Å². The van der Waals surface area contributed by atoms with E-state index < -0.39 is 6.04 Å². The van der Waals surface area contributed by atoms with E-state index in [9.17, 15) is 9.59 Å². The summed E-state index contributed by atoms with van der Waals surface area (Å²) >= 11 is 0. The van der Waals surface area contributed by atoms with Crippen molar-refractivity contribution >= 4 is 45.4 Å². The molecule has 0 radical (unpaired) electrons. The van der Waals surface area contributed by atoms with Crippen LogP contribution in [-0.4, -0.2) is 24.5 Å². The molecule has 3 aromatic carbocycles. The van der Waals surface area contributed by atoms with Gasteiger partial charge in [0.25, 0.3) is 0 Å². The van der Waals surface area contributed by atoms with E-state index in [1.165, 1.54) is 0 Å². The van der Waals surface area contributed by atoms with Crippen molar-refractivity contribution in [3.05, 3.63) is 72.8 Å². The zero-order valence-electron chi connectivity index (χ0n) is 16.7. The highest BCUT2D eigenvalue weighted by Gasteiger charge is 2.26. The zero-order chi connectivity index (χ0) is 21.1. The summed E-state index contributed by atoms with van der Waals surface area (Å²) in [4.78, 5) is 25.3. The quantitative estimate of drug-likeness (QED) is 0.527. The molecule has 0 aliphatic carbocycles. The number of hydrogen-bond acceptors (Lipinski definition) is 4. The van der Waals surface area contributed by atoms with Crippen LogP contribution in [0.1, 0.15) is 18.9 Å². The van der Waals surface area contributed by atoms with Gasteiger partial charge in [-0.3, -0.25) is 9.59 Å². The molecule has 6 heteroatoms. The van der Waals surface area contributed by atoms with Crippen LogP contribution in [0.25, 0.3) is 16.5 Å². The number of carbonyl (C=O) groups excluding carboxylic acids is 2. The van der Waals surface area contributed by atoms with Crippen molar-refractivity contribution in [2.24, 2.45) is 0 Å². The first kappa shape index (κ1) is 19.5. The first-order valence-electron chi connectivity index (χ1n) is 9.86. The molecule has 1 unspecified atom stereocenters. The summed E-state index contributed by atoms with van der Waals surface area (Å²) < 4.78 is 5.39. The molecule has 0 saturated carbocycles. The number of nitrogens with one attached hydrogen (secondary N) is 3. The van der Waals surface area contributed by atoms with Crippen molar-refractivity contribution < 1.29 is 14.3 Å². The van der Waals surface area contributed by atoms with Crippen LogP contribution in [0, 0.1) is 0 Å². The Morgan fingerprint density at radius 1 is 1.07 bits per heavy atom. The molecule has 2 amide bonds. The Kier molecular flexibility index (Phi) is 5.39. The van der Waals surface area contributed by atoms with E-state index >= 15 is 0 Å². The number of amides is 2. The first-order valence-corrected chi connectivity index (χ1v) is 9.86. The smallest absolute Gasteiger partial charge is 0.247 e. The summed E-state index contributed by atoms with van der Waals surface area (Å²) in [6.07, 6.45) is 0.00359. The first-order chi connectivity index (χ1) is 14.5. The fraction of sp³-hybridized carbons (Fsp3) is 0.167. The maximum Gasteiger partial charge on any atom is 0.247 e. The molecule has 0 fully saturated rings. The number of carbonyl (C=O) groups is 2. The molecule has 0 saturated heterocycles. The van der Waals surface area contributed by atoms with Crippen molar-refractivity contribution in [2.75, 3.05) is 22.6 Å². The fourth-order valence-electron chi connectivity index (χ4n) is 3.58. The number of anilines is 3. The maximum atomic E-state index is 12.7. The standard InChI is InChI=1S/C24H23N3O3/c1-3-30-15(2)16-10-12-18(13-11-16)25-22(28)14-21-24(29)27-20-9-5-7-17-6-4-8-19(26-21)23(17)20/h4-13,21,26H,2-3,14H2,1H3,(H,25,28)(H,27,29). The summed E-state index contributed by atoms with van der Waals surface area (Å²) in [5.74, 6) is 0.0952. The van der Waals surface area contributed by atoms with Crippen molar-refractivity contribution in [1.82, 2.24) is 0 Å². The number of benzene rings is 3. The van der Waals surface area contributed by atoms with Gasteiger partial charge in [-0.2, -0.15) is 0 Å². The van der Waals surface area contributed by atoms with E-state index in [2.05, 4.69) is 22.5 Å². The van der Waals surface area contributed by atoms with Crippen LogP contribution in [0.3, 0.4) is 0 Å². The molecule has 152 valence electrons. The largest absolute Gasteiger partial charge is 0.494 e. The van der Waals surface area contributed by atoms with Gasteiger partial charge in [0.15, 0.2) is 0 Å². The van der Waals surface area contributed by atoms with Crippen LogP contribution in [0.4, 0.5) is 17.1 Å². The Bertz CT molecular complexity index is 1120. The normalized spacial score (nSPS) is 15.0. The topological polar surface area (TPSA) is 79.5 Å².